The summed E-state index contributed by atoms with van der Waals surface area (Å²) in [4.78, 5) is 16.0. The number of nitrogens with zero attached hydrogens (tertiary/aromatic N) is 1. The molecule has 0 fully saturated rings. The molecular formula is C14H15N3O2. The molecule has 5 heteroatoms. The van der Waals surface area contributed by atoms with Gasteiger partial charge >= 0.3 is 0 Å². The van der Waals surface area contributed by atoms with Gasteiger partial charge in [0.1, 0.15) is 5.75 Å². The van der Waals surface area contributed by atoms with Crippen LogP contribution in [0.2, 0.25) is 0 Å². The lowest BCUT2D eigenvalue weighted by Crippen LogP contribution is -2.26. The Labute approximate surface area is 111 Å². The molecular weight excluding hydrogens is 242 g/mol. The van der Waals surface area contributed by atoms with Crippen molar-refractivity contribution in [2.75, 3.05) is 5.73 Å². The first kappa shape index (κ1) is 12.9. The number of hydrogen-bond donors (Lipinski definition) is 3. The Hall–Kier alpha value is -2.56. The average molecular weight is 257 g/mol. The molecule has 0 aliphatic rings. The van der Waals surface area contributed by atoms with E-state index >= 15 is 0 Å². The van der Waals surface area contributed by atoms with Gasteiger partial charge in [0, 0.05) is 18.0 Å². The number of nitrogens with one attached hydrogen (secondary N) is 1. The molecule has 1 atom stereocenters. The molecule has 0 saturated carbocycles. The number of phenolic OH excluding ortho intramolecular Hbond substituents is 1. The lowest BCUT2D eigenvalue weighted by molar-refractivity contribution is 0.0939. The fraction of sp³-hybridized carbons (Fsp3) is 0.143. The molecule has 0 aliphatic carbocycles. The Bertz CT molecular complexity index is 584. The number of pyridine rings is 1. The average Bonchev–Trinajstić information content (AvgIpc) is 2.42. The highest BCUT2D eigenvalue weighted by Gasteiger charge is 2.12. The van der Waals surface area contributed by atoms with E-state index in [4.69, 9.17) is 5.73 Å². The first-order valence-electron chi connectivity index (χ1n) is 5.87. The number of aromatic nitrogens is 1. The summed E-state index contributed by atoms with van der Waals surface area (Å²) in [7, 11) is 0. The number of nitrogens with two attached hydrogens (primary N) is 1. The normalized spacial score (nSPS) is 11.8. The molecule has 1 heterocycles. The first-order valence-corrected chi connectivity index (χ1v) is 5.87. The Morgan fingerprint density at radius 3 is 2.84 bits per heavy atom. The van der Waals surface area contributed by atoms with E-state index in [-0.39, 0.29) is 23.4 Å². The molecule has 2 aromatic rings. The number of rotatable bonds is 3. The monoisotopic (exact) mass is 257 g/mol. The van der Waals surface area contributed by atoms with Gasteiger partial charge in [0.05, 0.1) is 11.7 Å². The van der Waals surface area contributed by atoms with Crippen LogP contribution in [0.4, 0.5) is 5.69 Å². The van der Waals surface area contributed by atoms with Crippen LogP contribution in [0.1, 0.15) is 28.9 Å². The summed E-state index contributed by atoms with van der Waals surface area (Å²) in [5.74, 6) is -0.367. The van der Waals surface area contributed by atoms with Crippen LogP contribution in [0, 0.1) is 0 Å². The van der Waals surface area contributed by atoms with Gasteiger partial charge in [-0.25, -0.2) is 0 Å². The molecule has 4 N–H and O–H groups in total. The molecule has 1 unspecified atom stereocenters. The number of nitrogen functional groups attached to an aromatic ring is 1. The highest BCUT2D eigenvalue weighted by Crippen LogP contribution is 2.21. The van der Waals surface area contributed by atoms with Crippen LogP contribution in [0.5, 0.6) is 5.75 Å². The summed E-state index contributed by atoms with van der Waals surface area (Å²) in [5, 5.41) is 12.3. The second kappa shape index (κ2) is 5.39. The maximum atomic E-state index is 12.0. The Morgan fingerprint density at radius 2 is 2.21 bits per heavy atom. The van der Waals surface area contributed by atoms with Crippen molar-refractivity contribution in [3.8, 4) is 5.75 Å². The van der Waals surface area contributed by atoms with Crippen molar-refractivity contribution >= 4 is 11.6 Å². The van der Waals surface area contributed by atoms with E-state index in [0.29, 0.717) is 5.56 Å². The fourth-order valence-electron chi connectivity index (χ4n) is 1.68. The maximum absolute atomic E-state index is 12.0. The zero-order valence-electron chi connectivity index (χ0n) is 10.5. The number of carbonyl (C=O) groups excluding carboxylic acids is 1. The Balaban J connectivity index is 2.11. The second-order valence-corrected chi connectivity index (χ2v) is 4.26. The predicted molar refractivity (Wildman–Crippen MR) is 72.6 cm³/mol. The molecule has 2 rings (SSSR count). The highest BCUT2D eigenvalue weighted by atomic mass is 16.3. The molecule has 5 nitrogen and oxygen atoms in total. The van der Waals surface area contributed by atoms with E-state index in [9.17, 15) is 9.90 Å². The summed E-state index contributed by atoms with van der Waals surface area (Å²) in [6.45, 7) is 1.87. The summed E-state index contributed by atoms with van der Waals surface area (Å²) in [5.41, 5.74) is 7.01. The third-order valence-corrected chi connectivity index (χ3v) is 2.82. The van der Waals surface area contributed by atoms with Crippen molar-refractivity contribution in [1.82, 2.24) is 10.3 Å². The number of aromatic hydroxyl groups is 1. The first-order chi connectivity index (χ1) is 9.08. The van der Waals surface area contributed by atoms with E-state index in [1.807, 2.05) is 19.1 Å². The van der Waals surface area contributed by atoms with E-state index in [2.05, 4.69) is 10.3 Å². The van der Waals surface area contributed by atoms with Gasteiger partial charge in [0.2, 0.25) is 0 Å². The molecule has 0 spiro atoms. The van der Waals surface area contributed by atoms with Crippen LogP contribution >= 0.6 is 0 Å². The Morgan fingerprint density at radius 1 is 1.42 bits per heavy atom. The standard InChI is InChI=1S/C14H15N3O2/c1-9(11-3-2-6-16-8-11)17-14(19)10-4-5-12(15)13(18)7-10/h2-9,18H,15H2,1H3,(H,17,19). The number of benzene rings is 1. The van der Waals surface area contributed by atoms with Gasteiger partial charge in [-0.15, -0.1) is 0 Å². The number of amides is 1. The molecule has 0 saturated heterocycles. The number of hydrogen-bond acceptors (Lipinski definition) is 4. The van der Waals surface area contributed by atoms with Gasteiger partial charge in [-0.1, -0.05) is 6.07 Å². The minimum atomic E-state index is -0.272. The molecule has 1 aromatic carbocycles. The summed E-state index contributed by atoms with van der Waals surface area (Å²) < 4.78 is 0. The third kappa shape index (κ3) is 3.01. The molecule has 1 aromatic heterocycles. The summed E-state index contributed by atoms with van der Waals surface area (Å²) in [6, 6.07) is 7.95. The maximum Gasteiger partial charge on any atom is 0.251 e. The minimum Gasteiger partial charge on any atom is -0.506 e. The van der Waals surface area contributed by atoms with E-state index < -0.39 is 0 Å². The van der Waals surface area contributed by atoms with Crippen molar-refractivity contribution in [1.29, 1.82) is 0 Å². The highest BCUT2D eigenvalue weighted by molar-refractivity contribution is 5.95. The van der Waals surface area contributed by atoms with Crippen molar-refractivity contribution < 1.29 is 9.90 Å². The number of anilines is 1. The van der Waals surface area contributed by atoms with Gasteiger partial charge in [-0.3, -0.25) is 9.78 Å². The molecule has 98 valence electrons. The fourth-order valence-corrected chi connectivity index (χ4v) is 1.68. The van der Waals surface area contributed by atoms with Crippen molar-refractivity contribution in [3.63, 3.8) is 0 Å². The minimum absolute atomic E-state index is 0.0957. The van der Waals surface area contributed by atoms with Crippen molar-refractivity contribution in [3.05, 3.63) is 53.9 Å². The van der Waals surface area contributed by atoms with Crippen LogP contribution in [-0.2, 0) is 0 Å². The van der Waals surface area contributed by atoms with Crippen LogP contribution in [0.25, 0.3) is 0 Å². The lowest BCUT2D eigenvalue weighted by atomic mass is 10.1. The molecule has 1 amide bonds. The molecule has 0 bridgehead atoms. The smallest absolute Gasteiger partial charge is 0.251 e. The van der Waals surface area contributed by atoms with Crippen LogP contribution in [0.15, 0.2) is 42.7 Å². The van der Waals surface area contributed by atoms with E-state index in [1.54, 1.807) is 18.5 Å². The van der Waals surface area contributed by atoms with Gasteiger partial charge in [-0.05, 0) is 36.8 Å². The Kier molecular flexibility index (Phi) is 3.66. The van der Waals surface area contributed by atoms with Crippen molar-refractivity contribution in [2.45, 2.75) is 13.0 Å². The topological polar surface area (TPSA) is 88.2 Å². The van der Waals surface area contributed by atoms with Crippen molar-refractivity contribution in [2.24, 2.45) is 0 Å². The van der Waals surface area contributed by atoms with Gasteiger partial charge in [-0.2, -0.15) is 0 Å². The third-order valence-electron chi connectivity index (χ3n) is 2.82. The quantitative estimate of drug-likeness (QED) is 0.578. The SMILES string of the molecule is CC(NC(=O)c1ccc(N)c(O)c1)c1cccnc1. The number of phenols is 1. The van der Waals surface area contributed by atoms with Crippen LogP contribution < -0.4 is 11.1 Å². The van der Waals surface area contributed by atoms with Crippen LogP contribution in [-0.4, -0.2) is 16.0 Å². The summed E-state index contributed by atoms with van der Waals surface area (Å²) in [6.07, 6.45) is 3.38. The van der Waals surface area contributed by atoms with Gasteiger partial charge < -0.3 is 16.2 Å². The lowest BCUT2D eigenvalue weighted by Gasteiger charge is -2.14. The van der Waals surface area contributed by atoms with Gasteiger partial charge in [0.25, 0.3) is 5.91 Å². The zero-order valence-corrected chi connectivity index (χ0v) is 10.5. The summed E-state index contributed by atoms with van der Waals surface area (Å²) >= 11 is 0. The number of carbonyl (C=O) groups is 1. The van der Waals surface area contributed by atoms with Crippen LogP contribution in [0.3, 0.4) is 0 Å². The molecule has 0 aliphatic heterocycles. The predicted octanol–water partition coefficient (Wildman–Crippen LogP) is 1.86. The molecule has 0 radical (unpaired) electrons. The van der Waals surface area contributed by atoms with E-state index in [0.717, 1.165) is 5.56 Å². The molecule has 19 heavy (non-hydrogen) atoms. The largest absolute Gasteiger partial charge is 0.506 e. The van der Waals surface area contributed by atoms with Gasteiger partial charge in [0.15, 0.2) is 0 Å². The second-order valence-electron chi connectivity index (χ2n) is 4.26. The zero-order chi connectivity index (χ0) is 13.8. The van der Waals surface area contributed by atoms with E-state index in [1.165, 1.54) is 12.1 Å².